The number of carboxylic acid groups (broad SMARTS) is 1. The lowest BCUT2D eigenvalue weighted by molar-refractivity contribution is -0.147. The Hall–Kier alpha value is -0.570. The first kappa shape index (κ1) is 13.5. The number of nitrogens with one attached hydrogen (secondary N) is 1. The third kappa shape index (κ3) is 3.48. The molecule has 0 bridgehead atoms. The van der Waals surface area contributed by atoms with E-state index in [1.54, 1.807) is 13.8 Å². The van der Waals surface area contributed by atoms with Crippen molar-refractivity contribution in [3.63, 3.8) is 0 Å². The van der Waals surface area contributed by atoms with E-state index < -0.39 is 11.4 Å². The van der Waals surface area contributed by atoms with Gasteiger partial charge < -0.3 is 10.4 Å². The highest BCUT2D eigenvalue weighted by atomic mass is 16.4. The maximum absolute atomic E-state index is 10.9. The topological polar surface area (TPSA) is 49.3 Å². The van der Waals surface area contributed by atoms with Gasteiger partial charge in [-0.2, -0.15) is 0 Å². The fraction of sp³-hybridized carbons (Fsp3) is 0.923. The highest BCUT2D eigenvalue weighted by molar-refractivity contribution is 5.73. The molecule has 0 aliphatic heterocycles. The van der Waals surface area contributed by atoms with Gasteiger partial charge in [0, 0.05) is 6.04 Å². The largest absolute Gasteiger partial charge is 0.481 e. The molecule has 16 heavy (non-hydrogen) atoms. The van der Waals surface area contributed by atoms with E-state index in [2.05, 4.69) is 19.2 Å². The first-order chi connectivity index (χ1) is 7.33. The van der Waals surface area contributed by atoms with Crippen LogP contribution in [-0.4, -0.2) is 23.7 Å². The summed E-state index contributed by atoms with van der Waals surface area (Å²) in [6, 6.07) is 0.622. The van der Waals surface area contributed by atoms with Crippen LogP contribution in [0.2, 0.25) is 0 Å². The van der Waals surface area contributed by atoms with Crippen LogP contribution in [0.15, 0.2) is 0 Å². The number of aliphatic carboxylic acids is 1. The van der Waals surface area contributed by atoms with Gasteiger partial charge in [-0.25, -0.2) is 0 Å². The van der Waals surface area contributed by atoms with Gasteiger partial charge in [0.1, 0.15) is 0 Å². The van der Waals surface area contributed by atoms with Gasteiger partial charge in [-0.15, -0.1) is 0 Å². The summed E-state index contributed by atoms with van der Waals surface area (Å²) in [6.45, 7) is 8.93. The Bertz CT molecular complexity index is 242. The number of hydrogen-bond donors (Lipinski definition) is 2. The van der Waals surface area contributed by atoms with Gasteiger partial charge in [-0.05, 0) is 51.5 Å². The van der Waals surface area contributed by atoms with Crippen molar-refractivity contribution in [3.05, 3.63) is 0 Å². The molecule has 3 nitrogen and oxygen atoms in total. The third-order valence-corrected chi connectivity index (χ3v) is 3.88. The van der Waals surface area contributed by atoms with Gasteiger partial charge in [0.15, 0.2) is 0 Å². The zero-order chi connectivity index (χ0) is 12.3. The third-order valence-electron chi connectivity index (χ3n) is 3.88. The van der Waals surface area contributed by atoms with Crippen molar-refractivity contribution in [2.75, 3.05) is 6.54 Å². The van der Waals surface area contributed by atoms with Gasteiger partial charge in [0.2, 0.25) is 0 Å². The summed E-state index contributed by atoms with van der Waals surface area (Å²) >= 11 is 0. The van der Waals surface area contributed by atoms with Crippen LogP contribution in [0, 0.1) is 17.3 Å². The van der Waals surface area contributed by atoms with E-state index >= 15 is 0 Å². The van der Waals surface area contributed by atoms with E-state index in [1.807, 2.05) is 0 Å². The molecule has 0 aromatic heterocycles. The second-order valence-corrected chi connectivity index (χ2v) is 6.07. The summed E-state index contributed by atoms with van der Waals surface area (Å²) in [6.07, 6.45) is 3.21. The normalized spacial score (nSPS) is 25.6. The Kier molecular flexibility index (Phi) is 4.36. The van der Waals surface area contributed by atoms with Gasteiger partial charge in [-0.1, -0.05) is 13.8 Å². The van der Waals surface area contributed by atoms with Crippen molar-refractivity contribution in [1.29, 1.82) is 0 Å². The van der Waals surface area contributed by atoms with Crippen LogP contribution in [-0.2, 0) is 4.79 Å². The molecule has 2 N–H and O–H groups in total. The summed E-state index contributed by atoms with van der Waals surface area (Å²) in [5, 5.41) is 12.4. The summed E-state index contributed by atoms with van der Waals surface area (Å²) in [5.41, 5.74) is -0.603. The second kappa shape index (κ2) is 5.17. The van der Waals surface area contributed by atoms with E-state index in [4.69, 9.17) is 5.11 Å². The van der Waals surface area contributed by atoms with Crippen LogP contribution >= 0.6 is 0 Å². The molecule has 1 saturated carbocycles. The summed E-state index contributed by atoms with van der Waals surface area (Å²) in [7, 11) is 0. The zero-order valence-corrected chi connectivity index (χ0v) is 10.9. The van der Waals surface area contributed by atoms with Crippen LogP contribution in [0.3, 0.4) is 0 Å². The highest BCUT2D eigenvalue weighted by Crippen LogP contribution is 2.33. The van der Waals surface area contributed by atoms with Crippen LogP contribution in [0.25, 0.3) is 0 Å². The molecule has 0 aromatic rings. The maximum atomic E-state index is 10.9. The van der Waals surface area contributed by atoms with Crippen molar-refractivity contribution in [1.82, 2.24) is 5.32 Å². The molecule has 0 spiro atoms. The molecule has 0 unspecified atom stereocenters. The predicted octanol–water partition coefficient (Wildman–Crippen LogP) is 2.51. The number of carboxylic acids is 1. The molecule has 1 aliphatic rings. The first-order valence-corrected chi connectivity index (χ1v) is 6.29. The summed E-state index contributed by atoms with van der Waals surface area (Å²) < 4.78 is 0. The number of rotatable bonds is 6. The van der Waals surface area contributed by atoms with Crippen molar-refractivity contribution in [3.8, 4) is 0 Å². The lowest BCUT2D eigenvalue weighted by Gasteiger charge is -2.39. The van der Waals surface area contributed by atoms with E-state index in [0.717, 1.165) is 18.4 Å². The van der Waals surface area contributed by atoms with E-state index in [0.29, 0.717) is 12.5 Å². The van der Waals surface area contributed by atoms with Crippen LogP contribution in [0.1, 0.15) is 47.0 Å². The minimum absolute atomic E-state index is 0.603. The predicted molar refractivity (Wildman–Crippen MR) is 65.4 cm³/mol. The molecule has 3 heteroatoms. The van der Waals surface area contributed by atoms with E-state index in [-0.39, 0.29) is 0 Å². The quantitative estimate of drug-likeness (QED) is 0.733. The minimum atomic E-state index is -0.706. The SMILES string of the molecule is CC(C)C1CC(NCCC(C)(C)C(=O)O)C1. The number of hydrogen-bond acceptors (Lipinski definition) is 2. The molecule has 0 atom stereocenters. The van der Waals surface area contributed by atoms with E-state index in [9.17, 15) is 4.79 Å². The first-order valence-electron chi connectivity index (χ1n) is 6.29. The maximum Gasteiger partial charge on any atom is 0.309 e. The second-order valence-electron chi connectivity index (χ2n) is 6.07. The Morgan fingerprint density at radius 1 is 1.44 bits per heavy atom. The molecule has 1 aliphatic carbocycles. The van der Waals surface area contributed by atoms with Gasteiger partial charge >= 0.3 is 5.97 Å². The molecule has 0 saturated heterocycles. The fourth-order valence-electron chi connectivity index (χ4n) is 2.07. The Morgan fingerprint density at radius 3 is 2.44 bits per heavy atom. The molecule has 0 amide bonds. The van der Waals surface area contributed by atoms with Crippen LogP contribution in [0.4, 0.5) is 0 Å². The summed E-state index contributed by atoms with van der Waals surface area (Å²) in [4.78, 5) is 10.9. The zero-order valence-electron chi connectivity index (χ0n) is 10.9. The average Bonchev–Trinajstić information content (AvgIpc) is 2.07. The average molecular weight is 227 g/mol. The minimum Gasteiger partial charge on any atom is -0.481 e. The van der Waals surface area contributed by atoms with Crippen LogP contribution < -0.4 is 5.32 Å². The Labute approximate surface area is 98.6 Å². The monoisotopic (exact) mass is 227 g/mol. The Balaban J connectivity index is 2.12. The fourth-order valence-corrected chi connectivity index (χ4v) is 2.07. The molecule has 1 rings (SSSR count). The standard InChI is InChI=1S/C13H25NO2/c1-9(2)10-7-11(8-10)14-6-5-13(3,4)12(15)16/h9-11,14H,5-8H2,1-4H3,(H,15,16). The molecule has 0 aromatic carbocycles. The smallest absolute Gasteiger partial charge is 0.309 e. The lowest BCUT2D eigenvalue weighted by Crippen LogP contribution is -2.44. The van der Waals surface area contributed by atoms with Gasteiger partial charge in [-0.3, -0.25) is 4.79 Å². The van der Waals surface area contributed by atoms with Crippen molar-refractivity contribution in [2.45, 2.75) is 53.0 Å². The molecular weight excluding hydrogens is 202 g/mol. The Morgan fingerprint density at radius 2 is 2.00 bits per heavy atom. The lowest BCUT2D eigenvalue weighted by atomic mass is 9.73. The van der Waals surface area contributed by atoms with Crippen molar-refractivity contribution < 1.29 is 9.90 Å². The number of carbonyl (C=O) groups is 1. The molecule has 0 heterocycles. The van der Waals surface area contributed by atoms with E-state index in [1.165, 1.54) is 12.8 Å². The van der Waals surface area contributed by atoms with Crippen LogP contribution in [0.5, 0.6) is 0 Å². The molecule has 1 fully saturated rings. The van der Waals surface area contributed by atoms with Crippen molar-refractivity contribution in [2.24, 2.45) is 17.3 Å². The van der Waals surface area contributed by atoms with Gasteiger partial charge in [0.05, 0.1) is 5.41 Å². The highest BCUT2D eigenvalue weighted by Gasteiger charge is 2.32. The molecular formula is C13H25NO2. The molecule has 94 valence electrons. The van der Waals surface area contributed by atoms with Gasteiger partial charge in [0.25, 0.3) is 0 Å². The summed E-state index contributed by atoms with van der Waals surface area (Å²) in [5.74, 6) is 0.946. The van der Waals surface area contributed by atoms with Crippen molar-refractivity contribution >= 4 is 5.97 Å². The molecule has 0 radical (unpaired) electrons.